The molecule has 2 heterocycles. The van der Waals surface area contributed by atoms with Gasteiger partial charge in [0.05, 0.1) is 17.1 Å². The summed E-state index contributed by atoms with van der Waals surface area (Å²) in [6.07, 6.45) is 1.19. The third kappa shape index (κ3) is 3.04. The summed E-state index contributed by atoms with van der Waals surface area (Å²) in [5, 5.41) is 8.89. The van der Waals surface area contributed by atoms with Crippen LogP contribution in [0.5, 0.6) is 0 Å². The van der Waals surface area contributed by atoms with Gasteiger partial charge in [0.25, 0.3) is 10.0 Å². The maximum absolute atomic E-state index is 12.0. The summed E-state index contributed by atoms with van der Waals surface area (Å²) in [6.45, 7) is 1.46. The van der Waals surface area contributed by atoms with Crippen LogP contribution in [-0.4, -0.2) is 19.5 Å². The molecule has 0 bridgehead atoms. The van der Waals surface area contributed by atoms with Crippen molar-refractivity contribution in [2.75, 3.05) is 0 Å². The lowest BCUT2D eigenvalue weighted by Crippen LogP contribution is -2.23. The predicted molar refractivity (Wildman–Crippen MR) is 73.8 cm³/mol. The molecule has 0 saturated carbocycles. The number of sulfonamides is 1. The Hall–Kier alpha value is -1.35. The number of rotatable bonds is 5. The fraction of sp³-hybridized carbons (Fsp3) is 0.182. The molecule has 0 saturated heterocycles. The number of aryl methyl sites for hydroxylation is 1. The fourth-order valence-electron chi connectivity index (χ4n) is 1.46. The average Bonchev–Trinajstić information content (AvgIpc) is 2.95. The van der Waals surface area contributed by atoms with E-state index in [1.54, 1.807) is 6.92 Å². The zero-order chi connectivity index (χ0) is 14.9. The van der Waals surface area contributed by atoms with E-state index in [1.807, 2.05) is 0 Å². The number of carboxylic acid groups (broad SMARTS) is 1. The first-order valence-corrected chi connectivity index (χ1v) is 8.04. The Labute approximate surface area is 124 Å². The largest absolute Gasteiger partial charge is 0.478 e. The van der Waals surface area contributed by atoms with Crippen molar-refractivity contribution < 1.29 is 22.7 Å². The van der Waals surface area contributed by atoms with Gasteiger partial charge >= 0.3 is 5.97 Å². The highest BCUT2D eigenvalue weighted by atomic mass is 35.5. The van der Waals surface area contributed by atoms with Crippen molar-refractivity contribution in [3.63, 3.8) is 0 Å². The lowest BCUT2D eigenvalue weighted by atomic mass is 10.2. The van der Waals surface area contributed by atoms with Gasteiger partial charge in [0, 0.05) is 0 Å². The van der Waals surface area contributed by atoms with E-state index in [0.717, 1.165) is 11.3 Å². The van der Waals surface area contributed by atoms with Gasteiger partial charge < -0.3 is 9.52 Å². The summed E-state index contributed by atoms with van der Waals surface area (Å²) in [4.78, 5) is 10.9. The Kier molecular flexibility index (Phi) is 4.19. The van der Waals surface area contributed by atoms with Crippen molar-refractivity contribution in [1.82, 2.24) is 4.72 Å². The molecule has 0 aliphatic carbocycles. The van der Waals surface area contributed by atoms with Crippen molar-refractivity contribution >= 4 is 38.9 Å². The van der Waals surface area contributed by atoms with Gasteiger partial charge in [-0.05, 0) is 24.6 Å². The van der Waals surface area contributed by atoms with Crippen LogP contribution in [0, 0.1) is 6.92 Å². The van der Waals surface area contributed by atoms with E-state index in [0.29, 0.717) is 9.90 Å². The van der Waals surface area contributed by atoms with Crippen LogP contribution in [0.4, 0.5) is 0 Å². The molecule has 0 amide bonds. The van der Waals surface area contributed by atoms with E-state index in [2.05, 4.69) is 4.72 Å². The van der Waals surface area contributed by atoms with Gasteiger partial charge in [0.2, 0.25) is 0 Å². The van der Waals surface area contributed by atoms with Crippen LogP contribution in [0.3, 0.4) is 0 Å². The summed E-state index contributed by atoms with van der Waals surface area (Å²) >= 11 is 6.77. The minimum absolute atomic E-state index is 0.0421. The molecular formula is C11H10ClNO5S2. The number of nitrogens with one attached hydrogen (secondary N) is 1. The second-order valence-electron chi connectivity index (χ2n) is 3.91. The molecule has 108 valence electrons. The molecule has 0 aromatic carbocycles. The molecule has 0 spiro atoms. The molecule has 0 fully saturated rings. The van der Waals surface area contributed by atoms with Crippen molar-refractivity contribution in [2.24, 2.45) is 0 Å². The first-order valence-electron chi connectivity index (χ1n) is 5.36. The summed E-state index contributed by atoms with van der Waals surface area (Å²) in [5.74, 6) is -1.14. The number of carbonyl (C=O) groups is 1. The second kappa shape index (κ2) is 5.57. The number of hydrogen-bond acceptors (Lipinski definition) is 5. The lowest BCUT2D eigenvalue weighted by Gasteiger charge is -2.03. The highest BCUT2D eigenvalue weighted by Gasteiger charge is 2.20. The minimum Gasteiger partial charge on any atom is -0.478 e. The predicted octanol–water partition coefficient (Wildman–Crippen LogP) is 2.48. The topological polar surface area (TPSA) is 96.6 Å². The lowest BCUT2D eigenvalue weighted by molar-refractivity contribution is 0.0694. The van der Waals surface area contributed by atoms with E-state index in [9.17, 15) is 13.2 Å². The van der Waals surface area contributed by atoms with Crippen LogP contribution in [0.1, 0.15) is 21.7 Å². The normalized spacial score (nSPS) is 11.7. The molecule has 2 rings (SSSR count). The summed E-state index contributed by atoms with van der Waals surface area (Å²) in [7, 11) is -3.75. The van der Waals surface area contributed by atoms with E-state index in [4.69, 9.17) is 21.1 Å². The smallest absolute Gasteiger partial charge is 0.339 e. The van der Waals surface area contributed by atoms with E-state index >= 15 is 0 Å². The number of carboxylic acids is 1. The van der Waals surface area contributed by atoms with Crippen molar-refractivity contribution in [1.29, 1.82) is 0 Å². The van der Waals surface area contributed by atoms with Crippen LogP contribution in [-0.2, 0) is 16.6 Å². The van der Waals surface area contributed by atoms with Gasteiger partial charge in [0.1, 0.15) is 15.5 Å². The maximum Gasteiger partial charge on any atom is 0.339 e. The maximum atomic E-state index is 12.0. The number of furan rings is 1. The number of thiophene rings is 1. The standard InChI is InChI=1S/C11H10ClNO5S2/c1-6-4-9(19-10(6)12)20(16,17)13-5-8-7(11(14)15)2-3-18-8/h2-4,13H,5H2,1H3,(H,14,15). The van der Waals surface area contributed by atoms with Gasteiger partial charge in [-0.1, -0.05) is 11.6 Å². The fourth-order valence-corrected chi connectivity index (χ4v) is 4.20. The molecule has 0 atom stereocenters. The highest BCUT2D eigenvalue weighted by Crippen LogP contribution is 2.30. The first-order chi connectivity index (χ1) is 9.31. The van der Waals surface area contributed by atoms with Gasteiger partial charge in [-0.3, -0.25) is 0 Å². The second-order valence-corrected chi connectivity index (χ2v) is 7.56. The highest BCUT2D eigenvalue weighted by molar-refractivity contribution is 7.91. The summed E-state index contributed by atoms with van der Waals surface area (Å²) in [5.41, 5.74) is 0.592. The van der Waals surface area contributed by atoms with Crippen LogP contribution in [0.2, 0.25) is 4.34 Å². The van der Waals surface area contributed by atoms with E-state index in [1.165, 1.54) is 18.4 Å². The van der Waals surface area contributed by atoms with Crippen molar-refractivity contribution in [3.05, 3.63) is 39.6 Å². The zero-order valence-corrected chi connectivity index (χ0v) is 12.6. The molecule has 0 aliphatic rings. The van der Waals surface area contributed by atoms with Gasteiger partial charge in [0.15, 0.2) is 0 Å². The van der Waals surface area contributed by atoms with Crippen molar-refractivity contribution in [2.45, 2.75) is 17.7 Å². The van der Waals surface area contributed by atoms with E-state index < -0.39 is 16.0 Å². The molecule has 0 unspecified atom stereocenters. The van der Waals surface area contributed by atoms with Gasteiger partial charge in [-0.15, -0.1) is 11.3 Å². The Morgan fingerprint density at radius 1 is 1.55 bits per heavy atom. The minimum atomic E-state index is -3.75. The third-order valence-electron chi connectivity index (χ3n) is 2.50. The number of halogens is 1. The first kappa shape index (κ1) is 15.0. The molecule has 2 aromatic rings. The zero-order valence-electron chi connectivity index (χ0n) is 10.2. The van der Waals surface area contributed by atoms with E-state index in [-0.39, 0.29) is 22.1 Å². The molecule has 2 aromatic heterocycles. The Balaban J connectivity index is 2.17. The summed E-state index contributed by atoms with van der Waals surface area (Å²) < 4.78 is 31.8. The monoisotopic (exact) mass is 335 g/mol. The molecule has 6 nitrogen and oxygen atoms in total. The average molecular weight is 336 g/mol. The van der Waals surface area contributed by atoms with Crippen LogP contribution < -0.4 is 4.72 Å². The quantitative estimate of drug-likeness (QED) is 0.875. The molecule has 20 heavy (non-hydrogen) atoms. The summed E-state index contributed by atoms with van der Waals surface area (Å²) in [6, 6.07) is 2.72. The van der Waals surface area contributed by atoms with Crippen LogP contribution in [0.15, 0.2) is 27.0 Å². The number of hydrogen-bond donors (Lipinski definition) is 2. The molecule has 0 aliphatic heterocycles. The molecule has 2 N–H and O–H groups in total. The molecule has 9 heteroatoms. The SMILES string of the molecule is Cc1cc(S(=O)(=O)NCc2occc2C(=O)O)sc1Cl. The Bertz CT molecular complexity index is 727. The van der Waals surface area contributed by atoms with Crippen molar-refractivity contribution in [3.8, 4) is 0 Å². The number of aromatic carboxylic acids is 1. The molecule has 0 radical (unpaired) electrons. The molecular weight excluding hydrogens is 326 g/mol. The van der Waals surface area contributed by atoms with Gasteiger partial charge in [-0.2, -0.15) is 0 Å². The third-order valence-corrected chi connectivity index (χ3v) is 5.93. The Morgan fingerprint density at radius 2 is 2.25 bits per heavy atom. The van der Waals surface area contributed by atoms with Crippen LogP contribution in [0.25, 0.3) is 0 Å². The Morgan fingerprint density at radius 3 is 2.80 bits per heavy atom. The van der Waals surface area contributed by atoms with Crippen LogP contribution >= 0.6 is 22.9 Å². The van der Waals surface area contributed by atoms with Gasteiger partial charge in [-0.25, -0.2) is 17.9 Å².